The molecular weight excluding hydrogens is 332 g/mol. The molecule has 0 saturated heterocycles. The second-order valence-corrected chi connectivity index (χ2v) is 5.34. The first-order valence-corrected chi connectivity index (χ1v) is 7.59. The topological polar surface area (TPSA) is 125 Å². The van der Waals surface area contributed by atoms with Crippen LogP contribution in [-0.2, 0) is 4.79 Å². The smallest absolute Gasteiger partial charge is 0.267 e. The number of nitriles is 1. The van der Waals surface area contributed by atoms with Crippen molar-refractivity contribution in [3.8, 4) is 6.07 Å². The van der Waals surface area contributed by atoms with Crippen LogP contribution in [0.25, 0.3) is 0 Å². The first kappa shape index (κ1) is 18.4. The molecule has 7 nitrogen and oxygen atoms in total. The average molecular weight is 348 g/mol. The van der Waals surface area contributed by atoms with Crippen LogP contribution in [0.1, 0.15) is 27.6 Å². The molecule has 2 rings (SSSR count). The fourth-order valence-corrected chi connectivity index (χ4v) is 2.02. The predicted molar refractivity (Wildman–Crippen MR) is 97.4 cm³/mol. The van der Waals surface area contributed by atoms with Gasteiger partial charge in [0.25, 0.3) is 5.91 Å². The van der Waals surface area contributed by atoms with Crippen molar-refractivity contribution < 1.29 is 14.4 Å². The van der Waals surface area contributed by atoms with E-state index in [1.807, 2.05) is 6.07 Å². The summed E-state index contributed by atoms with van der Waals surface area (Å²) < 4.78 is 0. The van der Waals surface area contributed by atoms with E-state index >= 15 is 0 Å². The van der Waals surface area contributed by atoms with Crippen molar-refractivity contribution in [1.82, 2.24) is 0 Å². The highest BCUT2D eigenvalue weighted by molar-refractivity contribution is 6.07. The monoisotopic (exact) mass is 348 g/mol. The van der Waals surface area contributed by atoms with Crippen LogP contribution >= 0.6 is 0 Å². The number of hydrogen-bond donors (Lipinski definition) is 3. The summed E-state index contributed by atoms with van der Waals surface area (Å²) in [5, 5.41) is 14.5. The van der Waals surface area contributed by atoms with Gasteiger partial charge in [0.05, 0.1) is 0 Å². The number of ketones is 1. The first-order chi connectivity index (χ1) is 12.4. The number of nitrogens with one attached hydrogen (secondary N) is 2. The van der Waals surface area contributed by atoms with Crippen LogP contribution < -0.4 is 16.4 Å². The summed E-state index contributed by atoms with van der Waals surface area (Å²) in [6.07, 6.45) is 1.26. The summed E-state index contributed by atoms with van der Waals surface area (Å²) in [6, 6.07) is 14.4. The molecule has 26 heavy (non-hydrogen) atoms. The van der Waals surface area contributed by atoms with Crippen LogP contribution in [0.3, 0.4) is 0 Å². The largest absolute Gasteiger partial charge is 0.366 e. The lowest BCUT2D eigenvalue weighted by Gasteiger charge is -2.06. The van der Waals surface area contributed by atoms with E-state index in [1.54, 1.807) is 36.4 Å². The highest BCUT2D eigenvalue weighted by Gasteiger charge is 2.10. The van der Waals surface area contributed by atoms with Crippen molar-refractivity contribution in [3.05, 3.63) is 71.4 Å². The second kappa shape index (κ2) is 8.26. The Kier molecular flexibility index (Phi) is 5.85. The van der Waals surface area contributed by atoms with Crippen molar-refractivity contribution in [2.45, 2.75) is 6.92 Å². The maximum Gasteiger partial charge on any atom is 0.267 e. The van der Waals surface area contributed by atoms with E-state index in [9.17, 15) is 14.4 Å². The SMILES string of the molecule is CC(=O)c1ccc(NC(=O)/C(C#N)=C\Nc2ccc(C(N)=O)cc2)cc1. The molecule has 2 amide bonds. The number of rotatable bonds is 6. The number of nitrogens with two attached hydrogens (primary N) is 1. The van der Waals surface area contributed by atoms with E-state index in [0.29, 0.717) is 22.5 Å². The Labute approximate surface area is 150 Å². The Hall–Kier alpha value is -3.92. The lowest BCUT2D eigenvalue weighted by Crippen LogP contribution is -2.14. The summed E-state index contributed by atoms with van der Waals surface area (Å²) in [4.78, 5) is 34.4. The molecule has 0 radical (unpaired) electrons. The van der Waals surface area contributed by atoms with E-state index in [-0.39, 0.29) is 11.4 Å². The van der Waals surface area contributed by atoms with Crippen molar-refractivity contribution in [3.63, 3.8) is 0 Å². The Morgan fingerprint density at radius 1 is 0.962 bits per heavy atom. The molecule has 0 saturated carbocycles. The van der Waals surface area contributed by atoms with Crippen LogP contribution in [0.4, 0.5) is 11.4 Å². The molecular formula is C19H16N4O3. The Morgan fingerprint density at radius 2 is 1.50 bits per heavy atom. The number of primary amides is 1. The second-order valence-electron chi connectivity index (χ2n) is 5.34. The number of benzene rings is 2. The van der Waals surface area contributed by atoms with Crippen molar-refractivity contribution in [2.24, 2.45) is 5.73 Å². The molecule has 4 N–H and O–H groups in total. The van der Waals surface area contributed by atoms with Gasteiger partial charge in [-0.15, -0.1) is 0 Å². The normalized spacial score (nSPS) is 10.5. The van der Waals surface area contributed by atoms with Crippen LogP contribution in [-0.4, -0.2) is 17.6 Å². The zero-order valence-electron chi connectivity index (χ0n) is 13.9. The van der Waals surface area contributed by atoms with Gasteiger partial charge in [-0.2, -0.15) is 5.26 Å². The highest BCUT2D eigenvalue weighted by Crippen LogP contribution is 2.13. The summed E-state index contributed by atoms with van der Waals surface area (Å²) in [5.41, 5.74) is 6.95. The van der Waals surface area contributed by atoms with Gasteiger partial charge in [0.1, 0.15) is 11.6 Å². The maximum atomic E-state index is 12.2. The highest BCUT2D eigenvalue weighted by atomic mass is 16.2. The molecule has 0 aliphatic carbocycles. The molecule has 0 aliphatic rings. The van der Waals surface area contributed by atoms with Crippen molar-refractivity contribution in [2.75, 3.05) is 10.6 Å². The van der Waals surface area contributed by atoms with Gasteiger partial charge in [-0.25, -0.2) is 0 Å². The fraction of sp³-hybridized carbons (Fsp3) is 0.0526. The van der Waals surface area contributed by atoms with Crippen LogP contribution in [0.15, 0.2) is 60.3 Å². The number of hydrogen-bond acceptors (Lipinski definition) is 5. The van der Waals surface area contributed by atoms with Crippen LogP contribution in [0.5, 0.6) is 0 Å². The molecule has 0 aliphatic heterocycles. The summed E-state index contributed by atoms with van der Waals surface area (Å²) in [7, 11) is 0. The van der Waals surface area contributed by atoms with Gasteiger partial charge in [0.15, 0.2) is 5.78 Å². The van der Waals surface area contributed by atoms with E-state index < -0.39 is 11.8 Å². The number of nitrogens with zero attached hydrogens (tertiary/aromatic N) is 1. The third-order valence-corrected chi connectivity index (χ3v) is 3.47. The first-order valence-electron chi connectivity index (χ1n) is 7.59. The minimum Gasteiger partial charge on any atom is -0.366 e. The molecule has 0 fully saturated rings. The summed E-state index contributed by atoms with van der Waals surface area (Å²) in [5.74, 6) is -1.21. The van der Waals surface area contributed by atoms with E-state index in [1.165, 1.54) is 25.3 Å². The maximum absolute atomic E-state index is 12.2. The van der Waals surface area contributed by atoms with Gasteiger partial charge in [-0.05, 0) is 55.5 Å². The van der Waals surface area contributed by atoms with Crippen molar-refractivity contribution >= 4 is 29.0 Å². The van der Waals surface area contributed by atoms with Gasteiger partial charge in [-0.1, -0.05) is 0 Å². The minimum atomic E-state index is -0.593. The molecule has 2 aromatic rings. The summed E-state index contributed by atoms with van der Waals surface area (Å²) in [6.45, 7) is 1.45. The molecule has 0 aromatic heterocycles. The summed E-state index contributed by atoms with van der Waals surface area (Å²) >= 11 is 0. The average Bonchev–Trinajstić information content (AvgIpc) is 2.63. The molecule has 0 atom stereocenters. The quantitative estimate of drug-likeness (QED) is 0.420. The van der Waals surface area contributed by atoms with E-state index in [2.05, 4.69) is 10.6 Å². The minimum absolute atomic E-state index is 0.0768. The van der Waals surface area contributed by atoms with Gasteiger partial charge < -0.3 is 16.4 Å². The molecule has 0 spiro atoms. The molecule has 0 bridgehead atoms. The van der Waals surface area contributed by atoms with Crippen LogP contribution in [0, 0.1) is 11.3 Å². The number of Topliss-reactive ketones (excluding diaryl/α,β-unsaturated/α-hetero) is 1. The molecule has 7 heteroatoms. The van der Waals surface area contributed by atoms with Gasteiger partial charge in [-0.3, -0.25) is 14.4 Å². The van der Waals surface area contributed by atoms with Crippen molar-refractivity contribution in [1.29, 1.82) is 5.26 Å². The van der Waals surface area contributed by atoms with E-state index in [0.717, 1.165) is 0 Å². The number of amides is 2. The number of carbonyl (C=O) groups is 3. The van der Waals surface area contributed by atoms with Gasteiger partial charge in [0.2, 0.25) is 5.91 Å². The standard InChI is InChI=1S/C19H16N4O3/c1-12(24)13-2-8-17(9-3-13)23-19(26)15(10-20)11-22-16-6-4-14(5-7-16)18(21)25/h2-9,11,22H,1H3,(H2,21,25)(H,23,26)/b15-11-. The Balaban J connectivity index is 2.05. The molecule has 130 valence electrons. The van der Waals surface area contributed by atoms with Gasteiger partial charge in [0, 0.05) is 28.7 Å². The Morgan fingerprint density at radius 3 is 2.00 bits per heavy atom. The molecule has 0 unspecified atom stereocenters. The lowest BCUT2D eigenvalue weighted by atomic mass is 10.1. The molecule has 0 heterocycles. The van der Waals surface area contributed by atoms with E-state index in [4.69, 9.17) is 11.0 Å². The lowest BCUT2D eigenvalue weighted by molar-refractivity contribution is -0.112. The zero-order valence-corrected chi connectivity index (χ0v) is 13.9. The number of anilines is 2. The Bertz CT molecular complexity index is 907. The third kappa shape index (κ3) is 4.79. The third-order valence-electron chi connectivity index (χ3n) is 3.47. The fourth-order valence-electron chi connectivity index (χ4n) is 2.02. The van der Waals surface area contributed by atoms with Crippen LogP contribution in [0.2, 0.25) is 0 Å². The predicted octanol–water partition coefficient (Wildman–Crippen LogP) is 2.45. The van der Waals surface area contributed by atoms with Gasteiger partial charge >= 0.3 is 0 Å². The molecule has 2 aromatic carbocycles. The zero-order chi connectivity index (χ0) is 19.1. The number of carbonyl (C=O) groups excluding carboxylic acids is 3.